The fourth-order valence-electron chi connectivity index (χ4n) is 1.61. The van der Waals surface area contributed by atoms with E-state index in [1.807, 2.05) is 7.05 Å². The van der Waals surface area contributed by atoms with E-state index in [4.69, 9.17) is 4.74 Å². The van der Waals surface area contributed by atoms with Gasteiger partial charge in [0.1, 0.15) is 6.10 Å². The van der Waals surface area contributed by atoms with Gasteiger partial charge in [0.2, 0.25) is 0 Å². The Hall–Kier alpha value is -0.610. The van der Waals surface area contributed by atoms with E-state index in [0.717, 1.165) is 13.1 Å². The molecular weight excluding hydrogens is 180 g/mol. The first-order valence-corrected chi connectivity index (χ1v) is 5.18. The zero-order valence-electron chi connectivity index (χ0n) is 9.25. The number of amides is 1. The van der Waals surface area contributed by atoms with Crippen molar-refractivity contribution >= 4 is 5.91 Å². The molecule has 0 aromatic carbocycles. The average molecular weight is 200 g/mol. The molecule has 0 bridgehead atoms. The predicted octanol–water partition coefficient (Wildman–Crippen LogP) is 0.0892. The minimum Gasteiger partial charge on any atom is -0.366 e. The molecule has 0 aromatic heterocycles. The van der Waals surface area contributed by atoms with Crippen molar-refractivity contribution in [1.82, 2.24) is 10.2 Å². The van der Waals surface area contributed by atoms with Crippen LogP contribution in [0.25, 0.3) is 0 Å². The van der Waals surface area contributed by atoms with Crippen LogP contribution in [0, 0.1) is 5.92 Å². The molecule has 0 unspecified atom stereocenters. The molecule has 1 atom stereocenters. The molecule has 0 aliphatic carbocycles. The topological polar surface area (TPSA) is 41.6 Å². The second-order valence-corrected chi connectivity index (χ2v) is 4.18. The fraction of sp³-hybridized carbons (Fsp3) is 0.900. The molecule has 1 saturated heterocycles. The average Bonchev–Trinajstić information content (AvgIpc) is 2.17. The van der Waals surface area contributed by atoms with E-state index in [-0.39, 0.29) is 12.0 Å². The number of ether oxygens (including phenoxy) is 1. The summed E-state index contributed by atoms with van der Waals surface area (Å²) in [6.45, 7) is 7.11. The van der Waals surface area contributed by atoms with Gasteiger partial charge in [0.25, 0.3) is 5.91 Å². The molecular formula is C10H20N2O2. The van der Waals surface area contributed by atoms with Gasteiger partial charge in [-0.15, -0.1) is 0 Å². The van der Waals surface area contributed by atoms with E-state index in [1.165, 1.54) is 0 Å². The molecule has 4 nitrogen and oxygen atoms in total. The van der Waals surface area contributed by atoms with Crippen molar-refractivity contribution in [2.75, 3.05) is 33.3 Å². The van der Waals surface area contributed by atoms with Crippen LogP contribution in [0.1, 0.15) is 13.8 Å². The van der Waals surface area contributed by atoms with E-state index in [0.29, 0.717) is 19.1 Å². The van der Waals surface area contributed by atoms with Gasteiger partial charge in [-0.05, 0) is 5.92 Å². The Labute approximate surface area is 85.6 Å². The van der Waals surface area contributed by atoms with E-state index in [2.05, 4.69) is 19.2 Å². The number of rotatable bonds is 3. The summed E-state index contributed by atoms with van der Waals surface area (Å²) in [7, 11) is 1.83. The SMILES string of the molecule is CC(C)CN(C)C(=O)[C@H]1CNCCO1. The van der Waals surface area contributed by atoms with Crippen molar-refractivity contribution < 1.29 is 9.53 Å². The van der Waals surface area contributed by atoms with Crippen LogP contribution in [-0.4, -0.2) is 50.2 Å². The lowest BCUT2D eigenvalue weighted by molar-refractivity contribution is -0.144. The van der Waals surface area contributed by atoms with Crippen LogP contribution in [0.3, 0.4) is 0 Å². The van der Waals surface area contributed by atoms with Crippen LogP contribution < -0.4 is 5.32 Å². The maximum Gasteiger partial charge on any atom is 0.252 e. The third kappa shape index (κ3) is 3.27. The van der Waals surface area contributed by atoms with E-state index >= 15 is 0 Å². The third-order valence-electron chi connectivity index (χ3n) is 2.22. The summed E-state index contributed by atoms with van der Waals surface area (Å²) in [5.41, 5.74) is 0. The highest BCUT2D eigenvalue weighted by molar-refractivity contribution is 5.81. The first-order valence-electron chi connectivity index (χ1n) is 5.18. The zero-order chi connectivity index (χ0) is 10.6. The van der Waals surface area contributed by atoms with Crippen molar-refractivity contribution in [2.45, 2.75) is 20.0 Å². The van der Waals surface area contributed by atoms with Gasteiger partial charge in [-0.3, -0.25) is 4.79 Å². The molecule has 1 amide bonds. The van der Waals surface area contributed by atoms with Crippen LogP contribution in [0.2, 0.25) is 0 Å². The van der Waals surface area contributed by atoms with Gasteiger partial charge >= 0.3 is 0 Å². The second-order valence-electron chi connectivity index (χ2n) is 4.18. The molecule has 4 heteroatoms. The number of carbonyl (C=O) groups is 1. The van der Waals surface area contributed by atoms with Gasteiger partial charge in [-0.2, -0.15) is 0 Å². The molecule has 14 heavy (non-hydrogen) atoms. The molecule has 0 saturated carbocycles. The normalized spacial score (nSPS) is 22.4. The molecule has 1 fully saturated rings. The highest BCUT2D eigenvalue weighted by atomic mass is 16.5. The van der Waals surface area contributed by atoms with Crippen molar-refractivity contribution in [3.8, 4) is 0 Å². The minimum absolute atomic E-state index is 0.0888. The maximum atomic E-state index is 11.8. The molecule has 1 heterocycles. The van der Waals surface area contributed by atoms with Gasteiger partial charge in [-0.1, -0.05) is 13.8 Å². The largest absolute Gasteiger partial charge is 0.366 e. The van der Waals surface area contributed by atoms with Gasteiger partial charge in [0.15, 0.2) is 0 Å². The van der Waals surface area contributed by atoms with Gasteiger partial charge in [-0.25, -0.2) is 0 Å². The molecule has 0 radical (unpaired) electrons. The molecule has 1 rings (SSSR count). The summed E-state index contributed by atoms with van der Waals surface area (Å²) in [5.74, 6) is 0.589. The quantitative estimate of drug-likeness (QED) is 0.702. The number of hydrogen-bond donors (Lipinski definition) is 1. The van der Waals surface area contributed by atoms with Crippen LogP contribution in [0.15, 0.2) is 0 Å². The summed E-state index contributed by atoms with van der Waals surface area (Å²) in [5, 5.41) is 3.15. The van der Waals surface area contributed by atoms with E-state index in [1.54, 1.807) is 4.90 Å². The standard InChI is InChI=1S/C10H20N2O2/c1-8(2)7-12(3)10(13)9-6-11-4-5-14-9/h8-9,11H,4-7H2,1-3H3/t9-/m1/s1. The Bertz CT molecular complexity index is 189. The van der Waals surface area contributed by atoms with Crippen molar-refractivity contribution in [2.24, 2.45) is 5.92 Å². The van der Waals surface area contributed by atoms with Gasteiger partial charge in [0, 0.05) is 26.7 Å². The molecule has 82 valence electrons. The van der Waals surface area contributed by atoms with Crippen molar-refractivity contribution in [3.05, 3.63) is 0 Å². The summed E-state index contributed by atoms with van der Waals surface area (Å²) in [6.07, 6.45) is -0.285. The molecule has 1 aliphatic heterocycles. The lowest BCUT2D eigenvalue weighted by Crippen LogP contribution is -2.49. The minimum atomic E-state index is -0.285. The highest BCUT2D eigenvalue weighted by Gasteiger charge is 2.24. The maximum absolute atomic E-state index is 11.8. The van der Waals surface area contributed by atoms with Crippen molar-refractivity contribution in [3.63, 3.8) is 0 Å². The van der Waals surface area contributed by atoms with E-state index in [9.17, 15) is 4.79 Å². The summed E-state index contributed by atoms with van der Waals surface area (Å²) in [4.78, 5) is 13.5. The second kappa shape index (κ2) is 5.32. The molecule has 0 aromatic rings. The Morgan fingerprint density at radius 3 is 2.86 bits per heavy atom. The number of carbonyl (C=O) groups excluding carboxylic acids is 1. The zero-order valence-corrected chi connectivity index (χ0v) is 9.25. The Kier molecular flexibility index (Phi) is 4.35. The number of nitrogens with one attached hydrogen (secondary N) is 1. The van der Waals surface area contributed by atoms with Crippen LogP contribution in [0.4, 0.5) is 0 Å². The number of morpholine rings is 1. The summed E-state index contributed by atoms with van der Waals surface area (Å²) < 4.78 is 5.39. The molecule has 0 spiro atoms. The Balaban J connectivity index is 2.38. The molecule has 1 aliphatic rings. The lowest BCUT2D eigenvalue weighted by atomic mass is 10.2. The smallest absolute Gasteiger partial charge is 0.252 e. The summed E-state index contributed by atoms with van der Waals surface area (Å²) >= 11 is 0. The Morgan fingerprint density at radius 2 is 2.36 bits per heavy atom. The third-order valence-corrected chi connectivity index (χ3v) is 2.22. The summed E-state index contributed by atoms with van der Waals surface area (Å²) in [6, 6.07) is 0. The number of likely N-dealkylation sites (N-methyl/N-ethyl adjacent to an activating group) is 1. The van der Waals surface area contributed by atoms with Crippen LogP contribution in [0.5, 0.6) is 0 Å². The highest BCUT2D eigenvalue weighted by Crippen LogP contribution is 2.03. The fourth-order valence-corrected chi connectivity index (χ4v) is 1.61. The first-order chi connectivity index (χ1) is 6.61. The first kappa shape index (κ1) is 11.5. The van der Waals surface area contributed by atoms with Crippen molar-refractivity contribution in [1.29, 1.82) is 0 Å². The number of nitrogens with zero attached hydrogens (tertiary/aromatic N) is 1. The van der Waals surface area contributed by atoms with E-state index < -0.39 is 0 Å². The lowest BCUT2D eigenvalue weighted by Gasteiger charge is -2.28. The number of hydrogen-bond acceptors (Lipinski definition) is 3. The van der Waals surface area contributed by atoms with Gasteiger partial charge < -0.3 is 15.0 Å². The molecule has 1 N–H and O–H groups in total. The predicted molar refractivity (Wildman–Crippen MR) is 55.1 cm³/mol. The van der Waals surface area contributed by atoms with Crippen LogP contribution in [-0.2, 0) is 9.53 Å². The monoisotopic (exact) mass is 200 g/mol. The Morgan fingerprint density at radius 1 is 1.64 bits per heavy atom. The van der Waals surface area contributed by atoms with Gasteiger partial charge in [0.05, 0.1) is 6.61 Å². The van der Waals surface area contributed by atoms with Crippen LogP contribution >= 0.6 is 0 Å².